The number of piperidine rings is 1. The normalized spacial score (nSPS) is 13.7. The van der Waals surface area contributed by atoms with Crippen molar-refractivity contribution >= 4 is 28.7 Å². The highest BCUT2D eigenvalue weighted by atomic mass is 16.5. The summed E-state index contributed by atoms with van der Waals surface area (Å²) < 4.78 is 7.82. The van der Waals surface area contributed by atoms with Crippen LogP contribution in [-0.2, 0) is 24.1 Å². The van der Waals surface area contributed by atoms with Crippen molar-refractivity contribution < 1.29 is 14.3 Å². The van der Waals surface area contributed by atoms with Crippen molar-refractivity contribution in [1.29, 1.82) is 5.41 Å². The van der Waals surface area contributed by atoms with Gasteiger partial charge in [-0.25, -0.2) is 4.98 Å². The SMILES string of the molecule is CCOCCCn1c(CCc2ccc(C(=N)N)cc2)nc2cc(C(=O)N3CCC(NC(=O)c4ccccc4)CC3)ccc21. The third-order valence-electron chi connectivity index (χ3n) is 8.00. The second-order valence-electron chi connectivity index (χ2n) is 11.0. The highest BCUT2D eigenvalue weighted by Crippen LogP contribution is 2.22. The van der Waals surface area contributed by atoms with Crippen molar-refractivity contribution in [2.24, 2.45) is 5.73 Å². The minimum absolute atomic E-state index is 0.00672. The van der Waals surface area contributed by atoms with E-state index in [-0.39, 0.29) is 23.7 Å². The Morgan fingerprint density at radius 2 is 1.70 bits per heavy atom. The molecule has 1 fully saturated rings. The first kappa shape index (κ1) is 30.0. The van der Waals surface area contributed by atoms with Crippen LogP contribution in [0.25, 0.3) is 11.0 Å². The van der Waals surface area contributed by atoms with E-state index in [1.54, 1.807) is 0 Å². The number of amides is 2. The molecule has 0 spiro atoms. The molecule has 43 heavy (non-hydrogen) atoms. The molecule has 3 aromatic carbocycles. The number of fused-ring (bicyclic) bond motifs is 1. The standard InChI is InChI=1S/C34H40N6O3/c1-2-43-22-6-19-40-30-15-14-27(23-29(30)38-31(40)16-11-24-9-12-25(13-10-24)32(35)36)34(42)39-20-17-28(18-21-39)37-33(41)26-7-4-3-5-8-26/h3-5,7-10,12-15,23,28H,2,6,11,16-22H2,1H3,(H3,35,36)(H,37,41). The lowest BCUT2D eigenvalue weighted by atomic mass is 10.0. The monoisotopic (exact) mass is 580 g/mol. The average Bonchev–Trinajstić information content (AvgIpc) is 3.39. The van der Waals surface area contributed by atoms with Crippen LogP contribution >= 0.6 is 0 Å². The molecular formula is C34H40N6O3. The Morgan fingerprint density at radius 1 is 0.977 bits per heavy atom. The van der Waals surface area contributed by atoms with Crippen LogP contribution in [0.2, 0.25) is 0 Å². The van der Waals surface area contributed by atoms with Crippen LogP contribution < -0.4 is 11.1 Å². The number of nitrogens with two attached hydrogens (primary N) is 1. The van der Waals surface area contributed by atoms with Gasteiger partial charge in [-0.05, 0) is 68.5 Å². The highest BCUT2D eigenvalue weighted by Gasteiger charge is 2.25. The van der Waals surface area contributed by atoms with Crippen LogP contribution in [0.15, 0.2) is 72.8 Å². The number of carbonyl (C=O) groups is 2. The first-order chi connectivity index (χ1) is 20.9. The van der Waals surface area contributed by atoms with Crippen molar-refractivity contribution in [3.63, 3.8) is 0 Å². The molecule has 0 saturated carbocycles. The van der Waals surface area contributed by atoms with E-state index in [9.17, 15) is 9.59 Å². The summed E-state index contributed by atoms with van der Waals surface area (Å²) in [6.07, 6.45) is 3.86. The van der Waals surface area contributed by atoms with Gasteiger partial charge in [0.15, 0.2) is 0 Å². The fraction of sp³-hybridized carbons (Fsp3) is 0.353. The predicted octanol–water partition coefficient (Wildman–Crippen LogP) is 4.57. The molecule has 9 nitrogen and oxygen atoms in total. The number of hydrogen-bond donors (Lipinski definition) is 3. The first-order valence-electron chi connectivity index (χ1n) is 15.1. The lowest BCUT2D eigenvalue weighted by molar-refractivity contribution is 0.0698. The molecule has 0 atom stereocenters. The molecule has 1 aliphatic heterocycles. The minimum Gasteiger partial charge on any atom is -0.384 e. The zero-order valence-electron chi connectivity index (χ0n) is 24.7. The summed E-state index contributed by atoms with van der Waals surface area (Å²) in [6.45, 7) is 5.34. The number of ether oxygens (including phenoxy) is 1. The van der Waals surface area contributed by atoms with E-state index in [4.69, 9.17) is 20.9 Å². The Balaban J connectivity index is 1.26. The number of likely N-dealkylation sites (tertiary alicyclic amines) is 1. The summed E-state index contributed by atoms with van der Waals surface area (Å²) in [4.78, 5) is 32.9. The van der Waals surface area contributed by atoms with Gasteiger partial charge in [0.05, 0.1) is 11.0 Å². The van der Waals surface area contributed by atoms with Gasteiger partial charge in [0.2, 0.25) is 0 Å². The zero-order chi connectivity index (χ0) is 30.2. The van der Waals surface area contributed by atoms with E-state index in [0.717, 1.165) is 61.1 Å². The molecule has 0 radical (unpaired) electrons. The predicted molar refractivity (Wildman–Crippen MR) is 169 cm³/mol. The van der Waals surface area contributed by atoms with Crippen LogP contribution in [-0.4, -0.2) is 64.4 Å². The highest BCUT2D eigenvalue weighted by molar-refractivity contribution is 5.98. The number of carbonyl (C=O) groups excluding carboxylic acids is 2. The van der Waals surface area contributed by atoms with Gasteiger partial charge in [-0.15, -0.1) is 0 Å². The number of benzene rings is 3. The van der Waals surface area contributed by atoms with Crippen LogP contribution in [0.4, 0.5) is 0 Å². The summed E-state index contributed by atoms with van der Waals surface area (Å²) in [6, 6.07) is 22.9. The van der Waals surface area contributed by atoms with Gasteiger partial charge in [-0.2, -0.15) is 0 Å². The number of imidazole rings is 1. The quantitative estimate of drug-likeness (QED) is 0.129. The third kappa shape index (κ3) is 7.48. The van der Waals surface area contributed by atoms with E-state index in [1.165, 1.54) is 0 Å². The maximum Gasteiger partial charge on any atom is 0.253 e. The Bertz CT molecular complexity index is 1560. The largest absolute Gasteiger partial charge is 0.384 e. The van der Waals surface area contributed by atoms with Crippen LogP contribution in [0.1, 0.15) is 63.9 Å². The maximum absolute atomic E-state index is 13.5. The summed E-state index contributed by atoms with van der Waals surface area (Å²) in [5.41, 5.74) is 10.6. The van der Waals surface area contributed by atoms with Gasteiger partial charge >= 0.3 is 0 Å². The molecule has 5 rings (SSSR count). The van der Waals surface area contributed by atoms with Gasteiger partial charge in [-0.3, -0.25) is 15.0 Å². The van der Waals surface area contributed by atoms with E-state index < -0.39 is 0 Å². The molecule has 0 aliphatic carbocycles. The number of amidine groups is 1. The second kappa shape index (κ2) is 14.1. The fourth-order valence-corrected chi connectivity index (χ4v) is 5.60. The summed E-state index contributed by atoms with van der Waals surface area (Å²) in [7, 11) is 0. The van der Waals surface area contributed by atoms with E-state index in [2.05, 4.69) is 9.88 Å². The molecule has 2 heterocycles. The molecule has 1 saturated heterocycles. The molecule has 1 aliphatic rings. The smallest absolute Gasteiger partial charge is 0.253 e. The van der Waals surface area contributed by atoms with Crippen molar-refractivity contribution in [3.8, 4) is 0 Å². The number of rotatable bonds is 12. The molecule has 4 aromatic rings. The third-order valence-corrected chi connectivity index (χ3v) is 8.00. The molecule has 2 amide bonds. The van der Waals surface area contributed by atoms with Crippen LogP contribution in [0, 0.1) is 5.41 Å². The van der Waals surface area contributed by atoms with Crippen molar-refractivity contribution in [1.82, 2.24) is 19.8 Å². The van der Waals surface area contributed by atoms with E-state index in [0.29, 0.717) is 43.0 Å². The number of hydrogen-bond acceptors (Lipinski definition) is 5. The molecule has 4 N–H and O–H groups in total. The Kier molecular flexibility index (Phi) is 9.84. The molecular weight excluding hydrogens is 540 g/mol. The van der Waals surface area contributed by atoms with E-state index >= 15 is 0 Å². The number of nitrogen functional groups attached to an aromatic ring is 1. The molecule has 9 heteroatoms. The number of nitrogens with zero attached hydrogens (tertiary/aromatic N) is 3. The van der Waals surface area contributed by atoms with Crippen molar-refractivity contribution in [2.75, 3.05) is 26.3 Å². The minimum atomic E-state index is -0.0726. The summed E-state index contributed by atoms with van der Waals surface area (Å²) >= 11 is 0. The average molecular weight is 581 g/mol. The zero-order valence-corrected chi connectivity index (χ0v) is 24.7. The number of aryl methyl sites for hydroxylation is 3. The lowest BCUT2D eigenvalue weighted by Crippen LogP contribution is -2.46. The molecule has 0 bridgehead atoms. The fourth-order valence-electron chi connectivity index (χ4n) is 5.60. The molecule has 0 unspecified atom stereocenters. The lowest BCUT2D eigenvalue weighted by Gasteiger charge is -2.32. The van der Waals surface area contributed by atoms with Crippen LogP contribution in [0.3, 0.4) is 0 Å². The van der Waals surface area contributed by atoms with Crippen molar-refractivity contribution in [2.45, 2.75) is 51.6 Å². The maximum atomic E-state index is 13.5. The topological polar surface area (TPSA) is 126 Å². The van der Waals surface area contributed by atoms with Gasteiger partial charge in [-0.1, -0.05) is 42.5 Å². The second-order valence-corrected chi connectivity index (χ2v) is 11.0. The summed E-state index contributed by atoms with van der Waals surface area (Å²) in [5.74, 6) is 0.957. The Labute approximate surface area is 252 Å². The molecule has 1 aromatic heterocycles. The van der Waals surface area contributed by atoms with Crippen LogP contribution in [0.5, 0.6) is 0 Å². The van der Waals surface area contributed by atoms with Crippen molar-refractivity contribution in [3.05, 3.63) is 101 Å². The van der Waals surface area contributed by atoms with Gasteiger partial charge < -0.3 is 25.3 Å². The molecule has 224 valence electrons. The van der Waals surface area contributed by atoms with Gasteiger partial charge in [0.25, 0.3) is 11.8 Å². The first-order valence-corrected chi connectivity index (χ1v) is 15.1. The Hall–Kier alpha value is -4.50. The number of aromatic nitrogens is 2. The van der Waals surface area contributed by atoms with Gasteiger partial charge in [0.1, 0.15) is 11.7 Å². The Morgan fingerprint density at radius 3 is 2.40 bits per heavy atom. The van der Waals surface area contributed by atoms with Gasteiger partial charge in [0, 0.05) is 62.0 Å². The van der Waals surface area contributed by atoms with E-state index in [1.807, 2.05) is 84.6 Å². The number of nitrogens with one attached hydrogen (secondary N) is 2. The summed E-state index contributed by atoms with van der Waals surface area (Å²) in [5, 5.41) is 10.7.